The van der Waals surface area contributed by atoms with E-state index >= 15 is 0 Å². The fourth-order valence-corrected chi connectivity index (χ4v) is 7.17. The monoisotopic (exact) mass is 751 g/mol. The molecule has 0 bridgehead atoms. The van der Waals surface area contributed by atoms with Crippen LogP contribution in [-0.2, 0) is 22.8 Å². The fourth-order valence-electron chi connectivity index (χ4n) is 7.17. The van der Waals surface area contributed by atoms with Crippen molar-refractivity contribution < 1.29 is 41.0 Å². The summed E-state index contributed by atoms with van der Waals surface area (Å²) in [6.45, 7) is 4.38. The van der Waals surface area contributed by atoms with Crippen LogP contribution in [0.3, 0.4) is 0 Å². The number of rotatable bonds is 6. The fraction of sp³-hybridized carbons (Fsp3) is 0.432. The first-order chi connectivity index (χ1) is 24.5. The van der Waals surface area contributed by atoms with Crippen LogP contribution in [-0.4, -0.2) is 64.0 Å². The number of halogens is 6. The van der Waals surface area contributed by atoms with Gasteiger partial charge < -0.3 is 15.0 Å². The number of hydrogen-bond donors (Lipinski definition) is 4. The third kappa shape index (κ3) is 9.86. The zero-order valence-corrected chi connectivity index (χ0v) is 30.1. The predicted octanol–water partition coefficient (Wildman–Crippen LogP) is 8.33. The van der Waals surface area contributed by atoms with E-state index in [1.807, 2.05) is 55.4 Å². The number of anilines is 1. The zero-order chi connectivity index (χ0) is 38.4. The number of imidazole rings is 1. The number of alkyl halides is 5. The highest BCUT2D eigenvalue weighted by Gasteiger charge is 2.45. The second-order valence-electron chi connectivity index (χ2n) is 13.2. The third-order valence-corrected chi connectivity index (χ3v) is 9.73. The van der Waals surface area contributed by atoms with Crippen LogP contribution in [0.15, 0.2) is 60.7 Å². The van der Waals surface area contributed by atoms with E-state index in [0.717, 1.165) is 39.6 Å². The number of aryl methyl sites for hydroxylation is 2. The van der Waals surface area contributed by atoms with E-state index in [9.17, 15) is 41.0 Å². The van der Waals surface area contributed by atoms with Crippen molar-refractivity contribution in [3.8, 4) is 11.1 Å². The summed E-state index contributed by atoms with van der Waals surface area (Å²) in [6, 6.07) is 16.2. The van der Waals surface area contributed by atoms with Crippen molar-refractivity contribution in [1.82, 2.24) is 19.2 Å². The van der Waals surface area contributed by atoms with Crippen LogP contribution in [0, 0.1) is 24.6 Å². The van der Waals surface area contributed by atoms with Crippen LogP contribution in [0.25, 0.3) is 22.2 Å². The molecule has 3 aromatic carbocycles. The Kier molecular flexibility index (Phi) is 13.4. The maximum atomic E-state index is 14.1. The minimum Gasteiger partial charge on any atom is -0.481 e. The number of benzene rings is 3. The molecule has 1 aliphatic heterocycles. The smallest absolute Gasteiger partial charge is 0.416 e. The number of carboxylic acids is 1. The summed E-state index contributed by atoms with van der Waals surface area (Å²) in [5.74, 6) is -4.42. The molecular formula is C37H43F6N5O3S. The molecule has 1 saturated carbocycles. The number of piperidine rings is 1. The van der Waals surface area contributed by atoms with E-state index in [-0.39, 0.29) is 42.9 Å². The molecule has 282 valence electrons. The molecule has 15 heteroatoms. The number of thiol groups is 1. The molecule has 0 radical (unpaired) electrons. The van der Waals surface area contributed by atoms with E-state index in [0.29, 0.717) is 37.9 Å². The Bertz CT molecular complexity index is 1840. The molecule has 4 aromatic rings. The number of carbonyl (C=O) groups excluding carboxylic acids is 1. The number of aliphatic carboxylic acids is 1. The Morgan fingerprint density at radius 3 is 2.29 bits per heavy atom. The van der Waals surface area contributed by atoms with Crippen molar-refractivity contribution in [3.63, 3.8) is 0 Å². The van der Waals surface area contributed by atoms with E-state index < -0.39 is 35.4 Å². The normalized spacial score (nSPS) is 21.7. The topological polar surface area (TPSA) is 99.5 Å². The molecular weight excluding hydrogens is 708 g/mol. The molecule has 3 N–H and O–H groups in total. The molecule has 2 aliphatic rings. The molecule has 2 unspecified atom stereocenters. The van der Waals surface area contributed by atoms with Gasteiger partial charge in [0.25, 0.3) is 5.92 Å². The minimum atomic E-state index is -4.58. The highest BCUT2D eigenvalue weighted by molar-refractivity contribution is 7.78. The van der Waals surface area contributed by atoms with Gasteiger partial charge in [0.2, 0.25) is 6.41 Å². The SMILES string of the molecule is CNS.Cc1nc2cc(-c3ccc([C@@H]4CC(N5CCCC(F)(F)C5)C[C@H](C)C4C(=O)O)cc3)ccc2n1C.O=CNc1ccc(C(F)(F)F)cc1F. The summed E-state index contributed by atoms with van der Waals surface area (Å²) in [7, 11) is 3.74. The molecule has 1 aliphatic carbocycles. The average molecular weight is 752 g/mol. The van der Waals surface area contributed by atoms with Crippen molar-refractivity contribution in [3.05, 3.63) is 83.4 Å². The van der Waals surface area contributed by atoms with Crippen LogP contribution >= 0.6 is 12.8 Å². The third-order valence-electron chi connectivity index (χ3n) is 9.73. The van der Waals surface area contributed by atoms with Gasteiger partial charge in [0.15, 0.2) is 0 Å². The molecule has 4 atom stereocenters. The Balaban J connectivity index is 0.000000297. The van der Waals surface area contributed by atoms with Gasteiger partial charge in [-0.15, -0.1) is 0 Å². The van der Waals surface area contributed by atoms with E-state index in [1.54, 1.807) is 7.05 Å². The number of carboxylic acid groups (broad SMARTS) is 1. The predicted molar refractivity (Wildman–Crippen MR) is 192 cm³/mol. The summed E-state index contributed by atoms with van der Waals surface area (Å²) in [4.78, 5) is 28.7. The number of carbonyl (C=O) groups is 2. The van der Waals surface area contributed by atoms with Gasteiger partial charge in [0.1, 0.15) is 11.6 Å². The standard InChI is InChI=1S/C28H33F2N3O2.C8H5F4NO.CH5NS/c1-17-13-22(33-12-4-11-28(29,30)16-33)15-23(26(17)27(34)35)20-7-5-19(6-8-20)21-9-10-25-24(14-21)31-18(2)32(25)3;9-6-3-5(8(10,11)12)1-2-7(6)13-4-14;1-2-3/h5-10,14,17,22-23,26H,4,11-13,15-16H2,1-3H3,(H,34,35);1-4H,(H,13,14);2-3H,1H3/t17-,22?,23-,26?;;/m0../s1. The molecule has 8 nitrogen and oxygen atoms in total. The number of fused-ring (bicyclic) bond motifs is 1. The molecule has 2 heterocycles. The highest BCUT2D eigenvalue weighted by Crippen LogP contribution is 2.45. The first-order valence-electron chi connectivity index (χ1n) is 16.8. The van der Waals surface area contributed by atoms with Gasteiger partial charge in [-0.2, -0.15) is 13.2 Å². The van der Waals surface area contributed by atoms with Crippen LogP contribution in [0.2, 0.25) is 0 Å². The van der Waals surface area contributed by atoms with Gasteiger partial charge in [-0.1, -0.05) is 50.1 Å². The number of likely N-dealkylation sites (tertiary alicyclic amines) is 1. The van der Waals surface area contributed by atoms with Gasteiger partial charge in [0.05, 0.1) is 34.7 Å². The molecule has 52 heavy (non-hydrogen) atoms. The van der Waals surface area contributed by atoms with Crippen molar-refractivity contribution >= 4 is 41.9 Å². The van der Waals surface area contributed by atoms with Crippen LogP contribution in [0.4, 0.5) is 32.0 Å². The number of nitrogens with one attached hydrogen (secondary N) is 2. The highest BCUT2D eigenvalue weighted by atomic mass is 32.1. The maximum absolute atomic E-state index is 14.1. The average Bonchev–Trinajstić information content (AvgIpc) is 3.37. The van der Waals surface area contributed by atoms with Crippen LogP contribution in [0.1, 0.15) is 55.5 Å². The largest absolute Gasteiger partial charge is 0.481 e. The van der Waals surface area contributed by atoms with Crippen molar-refractivity contribution in [2.24, 2.45) is 18.9 Å². The minimum absolute atomic E-state index is 0.0220. The Hall–Kier alpha value is -4.08. The first kappa shape index (κ1) is 40.7. The second-order valence-corrected chi connectivity index (χ2v) is 13.7. The number of aromatic nitrogens is 2. The van der Waals surface area contributed by atoms with Crippen molar-refractivity contribution in [2.45, 2.75) is 63.6 Å². The van der Waals surface area contributed by atoms with E-state index in [2.05, 4.69) is 45.3 Å². The maximum Gasteiger partial charge on any atom is 0.416 e. The van der Waals surface area contributed by atoms with Crippen LogP contribution < -0.4 is 10.0 Å². The number of hydrogen-bond acceptors (Lipinski definition) is 6. The van der Waals surface area contributed by atoms with Crippen LogP contribution in [0.5, 0.6) is 0 Å². The Labute approximate surface area is 304 Å². The summed E-state index contributed by atoms with van der Waals surface area (Å²) in [6.07, 6.45) is -2.73. The molecule has 1 saturated heterocycles. The number of amides is 1. The van der Waals surface area contributed by atoms with Crippen molar-refractivity contribution in [1.29, 1.82) is 0 Å². The quantitative estimate of drug-likeness (QED) is 0.0899. The lowest BCUT2D eigenvalue weighted by atomic mass is 9.67. The lowest BCUT2D eigenvalue weighted by Crippen LogP contribution is -2.51. The summed E-state index contributed by atoms with van der Waals surface area (Å²) in [5.41, 5.74) is 3.72. The summed E-state index contributed by atoms with van der Waals surface area (Å²) in [5, 5.41) is 12.0. The molecule has 6 rings (SSSR count). The van der Waals surface area contributed by atoms with E-state index in [1.165, 1.54) is 0 Å². The Morgan fingerprint density at radius 1 is 1.06 bits per heavy atom. The van der Waals surface area contributed by atoms with Gasteiger partial charge in [-0.05, 0) is 98.6 Å². The summed E-state index contributed by atoms with van der Waals surface area (Å²) < 4.78 is 81.7. The van der Waals surface area contributed by atoms with Gasteiger partial charge in [-0.3, -0.25) is 19.2 Å². The molecule has 1 amide bonds. The lowest BCUT2D eigenvalue weighted by molar-refractivity contribution is -0.147. The van der Waals surface area contributed by atoms with Crippen molar-refractivity contribution in [2.75, 3.05) is 25.5 Å². The molecule has 1 aromatic heterocycles. The summed E-state index contributed by atoms with van der Waals surface area (Å²) >= 11 is 3.54. The molecule has 0 spiro atoms. The number of nitrogens with zero attached hydrogens (tertiary/aromatic N) is 3. The zero-order valence-electron chi connectivity index (χ0n) is 29.2. The van der Waals surface area contributed by atoms with E-state index in [4.69, 9.17) is 0 Å². The molecule has 2 fully saturated rings. The first-order valence-corrected chi connectivity index (χ1v) is 17.2. The Morgan fingerprint density at radius 2 is 1.71 bits per heavy atom. The second kappa shape index (κ2) is 17.2. The lowest BCUT2D eigenvalue weighted by Gasteiger charge is -2.45. The van der Waals surface area contributed by atoms with Gasteiger partial charge in [0, 0.05) is 19.5 Å². The van der Waals surface area contributed by atoms with Gasteiger partial charge >= 0.3 is 12.1 Å². The van der Waals surface area contributed by atoms with Gasteiger partial charge in [-0.25, -0.2) is 18.2 Å².